The van der Waals surface area contributed by atoms with Crippen LogP contribution in [-0.4, -0.2) is 48.4 Å². The summed E-state index contributed by atoms with van der Waals surface area (Å²) in [5.41, 5.74) is 0.0419. The zero-order valence-corrected chi connectivity index (χ0v) is 14.3. The van der Waals surface area contributed by atoms with E-state index in [4.69, 9.17) is 0 Å². The number of rotatable bonds is 4. The van der Waals surface area contributed by atoms with Crippen LogP contribution < -0.4 is 0 Å². The highest BCUT2D eigenvalue weighted by molar-refractivity contribution is 5.91. The molecule has 1 aromatic rings. The molecule has 3 aliphatic rings. The third-order valence-corrected chi connectivity index (χ3v) is 6.09. The number of hydrogen-bond donors (Lipinski definition) is 0. The predicted molar refractivity (Wildman–Crippen MR) is 92.3 cm³/mol. The summed E-state index contributed by atoms with van der Waals surface area (Å²) in [6.07, 6.45) is 6.66. The minimum absolute atomic E-state index is 0.161. The third-order valence-electron chi connectivity index (χ3n) is 6.09. The molecule has 24 heavy (non-hydrogen) atoms. The van der Waals surface area contributed by atoms with E-state index in [0.717, 1.165) is 38.9 Å². The van der Waals surface area contributed by atoms with Crippen LogP contribution in [0.1, 0.15) is 44.1 Å². The first-order valence-electron chi connectivity index (χ1n) is 9.46. The van der Waals surface area contributed by atoms with Gasteiger partial charge in [-0.05, 0) is 57.2 Å². The van der Waals surface area contributed by atoms with E-state index in [0.29, 0.717) is 11.5 Å². The molecule has 130 valence electrons. The highest BCUT2D eigenvalue weighted by Crippen LogP contribution is 2.50. The van der Waals surface area contributed by atoms with E-state index in [9.17, 15) is 9.18 Å². The molecule has 2 saturated heterocycles. The molecule has 1 saturated carbocycles. The summed E-state index contributed by atoms with van der Waals surface area (Å²) in [6, 6.07) is 6.81. The van der Waals surface area contributed by atoms with Crippen LogP contribution >= 0.6 is 0 Å². The molecule has 0 bridgehead atoms. The van der Waals surface area contributed by atoms with Crippen LogP contribution in [0.2, 0.25) is 0 Å². The van der Waals surface area contributed by atoms with Crippen LogP contribution in [-0.2, 0) is 10.2 Å². The summed E-state index contributed by atoms with van der Waals surface area (Å²) < 4.78 is 14.2. The Morgan fingerprint density at radius 3 is 2.58 bits per heavy atom. The van der Waals surface area contributed by atoms with Gasteiger partial charge in [-0.1, -0.05) is 24.6 Å². The SMILES string of the molecule is O=C(N1CC[C@@H](CN2CCCCC2)C1)C1(c2ccccc2F)CC1. The van der Waals surface area contributed by atoms with Crippen molar-refractivity contribution in [3.63, 3.8) is 0 Å². The van der Waals surface area contributed by atoms with E-state index in [1.807, 2.05) is 11.0 Å². The van der Waals surface area contributed by atoms with Gasteiger partial charge >= 0.3 is 0 Å². The Morgan fingerprint density at radius 2 is 1.88 bits per heavy atom. The largest absolute Gasteiger partial charge is 0.342 e. The van der Waals surface area contributed by atoms with Crippen LogP contribution in [0.3, 0.4) is 0 Å². The lowest BCUT2D eigenvalue weighted by Crippen LogP contribution is -2.40. The van der Waals surface area contributed by atoms with Crippen molar-refractivity contribution in [2.45, 2.75) is 43.9 Å². The van der Waals surface area contributed by atoms with Gasteiger partial charge in [0.15, 0.2) is 0 Å². The fourth-order valence-electron chi connectivity index (χ4n) is 4.55. The highest BCUT2D eigenvalue weighted by Gasteiger charge is 2.54. The number of hydrogen-bond acceptors (Lipinski definition) is 2. The first kappa shape index (κ1) is 16.1. The summed E-state index contributed by atoms with van der Waals surface area (Å²) >= 11 is 0. The standard InChI is InChI=1S/C20H27FN2O/c21-18-7-3-2-6-17(18)20(9-10-20)19(24)23-13-8-16(15-23)14-22-11-4-1-5-12-22/h2-3,6-7,16H,1,4-5,8-15H2/t16-/m0/s1. The van der Waals surface area contributed by atoms with Gasteiger partial charge in [0.05, 0.1) is 5.41 Å². The summed E-state index contributed by atoms with van der Waals surface area (Å²) in [6.45, 7) is 5.24. The average molecular weight is 330 g/mol. The molecule has 0 spiro atoms. The van der Waals surface area contributed by atoms with E-state index in [1.54, 1.807) is 12.1 Å². The van der Waals surface area contributed by atoms with Gasteiger partial charge in [0, 0.05) is 25.2 Å². The van der Waals surface area contributed by atoms with Gasteiger partial charge in [-0.2, -0.15) is 0 Å². The van der Waals surface area contributed by atoms with E-state index in [-0.39, 0.29) is 11.7 Å². The molecule has 2 aliphatic heterocycles. The van der Waals surface area contributed by atoms with Crippen molar-refractivity contribution in [2.75, 3.05) is 32.7 Å². The molecule has 0 N–H and O–H groups in total. The second-order valence-corrected chi connectivity index (χ2v) is 7.83. The molecule has 2 heterocycles. The molecule has 4 heteroatoms. The molecular formula is C20H27FN2O. The number of amides is 1. The monoisotopic (exact) mass is 330 g/mol. The first-order valence-corrected chi connectivity index (χ1v) is 9.46. The predicted octanol–water partition coefficient (Wildman–Crippen LogP) is 3.19. The molecule has 1 aliphatic carbocycles. The van der Waals surface area contributed by atoms with Crippen LogP contribution in [0.15, 0.2) is 24.3 Å². The Hall–Kier alpha value is -1.42. The van der Waals surface area contributed by atoms with E-state index in [1.165, 1.54) is 38.4 Å². The van der Waals surface area contributed by atoms with Gasteiger partial charge in [0.1, 0.15) is 5.82 Å². The molecule has 4 rings (SSSR count). The fraction of sp³-hybridized carbons (Fsp3) is 0.650. The molecule has 3 fully saturated rings. The maximum absolute atomic E-state index is 14.2. The minimum atomic E-state index is -0.564. The quantitative estimate of drug-likeness (QED) is 0.846. The molecule has 0 unspecified atom stereocenters. The summed E-state index contributed by atoms with van der Waals surface area (Å²) in [5, 5.41) is 0. The normalized spacial score (nSPS) is 26.5. The second-order valence-electron chi connectivity index (χ2n) is 7.83. The summed E-state index contributed by atoms with van der Waals surface area (Å²) in [4.78, 5) is 17.6. The number of benzene rings is 1. The maximum atomic E-state index is 14.2. The van der Waals surface area contributed by atoms with E-state index in [2.05, 4.69) is 4.90 Å². The van der Waals surface area contributed by atoms with Gasteiger partial charge in [-0.15, -0.1) is 0 Å². The van der Waals surface area contributed by atoms with Crippen molar-refractivity contribution < 1.29 is 9.18 Å². The van der Waals surface area contributed by atoms with Crippen molar-refractivity contribution in [3.8, 4) is 0 Å². The molecule has 3 nitrogen and oxygen atoms in total. The van der Waals surface area contributed by atoms with Crippen LogP contribution in [0.4, 0.5) is 4.39 Å². The van der Waals surface area contributed by atoms with Crippen LogP contribution in [0, 0.1) is 11.7 Å². The number of carbonyl (C=O) groups is 1. The fourth-order valence-corrected chi connectivity index (χ4v) is 4.55. The van der Waals surface area contributed by atoms with Gasteiger partial charge in [0.2, 0.25) is 5.91 Å². The van der Waals surface area contributed by atoms with Crippen molar-refractivity contribution >= 4 is 5.91 Å². The Morgan fingerprint density at radius 1 is 1.12 bits per heavy atom. The van der Waals surface area contributed by atoms with Crippen molar-refractivity contribution in [2.24, 2.45) is 5.92 Å². The number of piperidine rings is 1. The zero-order chi connectivity index (χ0) is 16.6. The molecule has 1 aromatic carbocycles. The molecule has 0 aromatic heterocycles. The van der Waals surface area contributed by atoms with Gasteiger partial charge in [0.25, 0.3) is 0 Å². The van der Waals surface area contributed by atoms with Crippen LogP contribution in [0.25, 0.3) is 0 Å². The second kappa shape index (κ2) is 6.47. The number of halogens is 1. The van der Waals surface area contributed by atoms with E-state index < -0.39 is 5.41 Å². The summed E-state index contributed by atoms with van der Waals surface area (Å²) in [7, 11) is 0. The smallest absolute Gasteiger partial charge is 0.233 e. The van der Waals surface area contributed by atoms with Crippen LogP contribution in [0.5, 0.6) is 0 Å². The molecule has 0 radical (unpaired) electrons. The lowest BCUT2D eigenvalue weighted by molar-refractivity contribution is -0.133. The van der Waals surface area contributed by atoms with Gasteiger partial charge < -0.3 is 9.80 Å². The minimum Gasteiger partial charge on any atom is -0.342 e. The van der Waals surface area contributed by atoms with Gasteiger partial charge in [-0.3, -0.25) is 4.79 Å². The topological polar surface area (TPSA) is 23.6 Å². The Labute approximate surface area is 143 Å². The highest BCUT2D eigenvalue weighted by atomic mass is 19.1. The van der Waals surface area contributed by atoms with E-state index >= 15 is 0 Å². The number of likely N-dealkylation sites (tertiary alicyclic amines) is 2. The Kier molecular flexibility index (Phi) is 4.33. The van der Waals surface area contributed by atoms with Crippen molar-refractivity contribution in [3.05, 3.63) is 35.6 Å². The lowest BCUT2D eigenvalue weighted by Gasteiger charge is -2.29. The Bertz CT molecular complexity index is 607. The lowest BCUT2D eigenvalue weighted by atomic mass is 9.94. The van der Waals surface area contributed by atoms with Crippen molar-refractivity contribution in [1.29, 1.82) is 0 Å². The molecule has 1 amide bonds. The van der Waals surface area contributed by atoms with Gasteiger partial charge in [-0.25, -0.2) is 4.39 Å². The maximum Gasteiger partial charge on any atom is 0.233 e. The summed E-state index contributed by atoms with van der Waals surface area (Å²) in [5.74, 6) is 0.518. The zero-order valence-electron chi connectivity index (χ0n) is 14.3. The average Bonchev–Trinajstić information content (AvgIpc) is 3.28. The number of nitrogens with zero attached hydrogens (tertiary/aromatic N) is 2. The first-order chi connectivity index (χ1) is 11.7. The third kappa shape index (κ3) is 2.97. The van der Waals surface area contributed by atoms with Crippen molar-refractivity contribution in [1.82, 2.24) is 9.80 Å². The molecular weight excluding hydrogens is 303 g/mol. The Balaban J connectivity index is 1.40. The molecule has 1 atom stereocenters. The number of carbonyl (C=O) groups excluding carboxylic acids is 1.